The van der Waals surface area contributed by atoms with Crippen LogP contribution in [0.15, 0.2) is 30.5 Å². The van der Waals surface area contributed by atoms with Crippen molar-refractivity contribution >= 4 is 5.69 Å². The van der Waals surface area contributed by atoms with Crippen molar-refractivity contribution in [3.8, 4) is 17.8 Å². The van der Waals surface area contributed by atoms with E-state index in [1.54, 1.807) is 0 Å². The van der Waals surface area contributed by atoms with E-state index in [1.165, 1.54) is 24.4 Å². The van der Waals surface area contributed by atoms with Crippen molar-refractivity contribution in [3.05, 3.63) is 42.0 Å². The lowest BCUT2D eigenvalue weighted by molar-refractivity contribution is 0.437. The number of nitriles is 1. The molecule has 17 heavy (non-hydrogen) atoms. The number of nitrogens with zero attached hydrogens (tertiary/aromatic N) is 3. The van der Waals surface area contributed by atoms with Crippen molar-refractivity contribution in [2.24, 2.45) is 0 Å². The average molecular weight is 230 g/mol. The van der Waals surface area contributed by atoms with E-state index in [9.17, 15) is 4.39 Å². The SMILES string of the molecule is N#Cc1ccnc(Oc2ccc(N)c(F)c2)n1. The summed E-state index contributed by atoms with van der Waals surface area (Å²) in [6, 6.07) is 7.25. The van der Waals surface area contributed by atoms with Gasteiger partial charge >= 0.3 is 6.01 Å². The molecule has 0 fully saturated rings. The molecule has 0 atom stereocenters. The number of ether oxygens (including phenoxy) is 1. The summed E-state index contributed by atoms with van der Waals surface area (Å²) in [5.74, 6) is -0.370. The summed E-state index contributed by atoms with van der Waals surface area (Å²) in [7, 11) is 0. The highest BCUT2D eigenvalue weighted by atomic mass is 19.1. The Morgan fingerprint density at radius 2 is 2.18 bits per heavy atom. The van der Waals surface area contributed by atoms with E-state index < -0.39 is 5.82 Å². The lowest BCUT2D eigenvalue weighted by Crippen LogP contribution is -1.95. The van der Waals surface area contributed by atoms with Crippen LogP contribution in [0, 0.1) is 17.1 Å². The number of rotatable bonds is 2. The van der Waals surface area contributed by atoms with Crippen LogP contribution in [0.5, 0.6) is 11.8 Å². The number of nitrogens with two attached hydrogens (primary N) is 1. The third kappa shape index (κ3) is 2.46. The van der Waals surface area contributed by atoms with Crippen molar-refractivity contribution in [2.45, 2.75) is 0 Å². The van der Waals surface area contributed by atoms with Gasteiger partial charge in [-0.25, -0.2) is 9.37 Å². The zero-order valence-electron chi connectivity index (χ0n) is 8.59. The second-order valence-corrected chi connectivity index (χ2v) is 3.12. The highest BCUT2D eigenvalue weighted by molar-refractivity contribution is 5.44. The molecule has 0 aliphatic heterocycles. The molecule has 1 aromatic heterocycles. The summed E-state index contributed by atoms with van der Waals surface area (Å²) in [6.45, 7) is 0. The van der Waals surface area contributed by atoms with Gasteiger partial charge in [0.1, 0.15) is 23.3 Å². The molecule has 0 aliphatic carbocycles. The van der Waals surface area contributed by atoms with Crippen LogP contribution < -0.4 is 10.5 Å². The zero-order valence-corrected chi connectivity index (χ0v) is 8.59. The number of halogens is 1. The van der Waals surface area contributed by atoms with Gasteiger partial charge in [0.05, 0.1) is 5.69 Å². The van der Waals surface area contributed by atoms with E-state index in [0.717, 1.165) is 6.07 Å². The van der Waals surface area contributed by atoms with Gasteiger partial charge in [-0.1, -0.05) is 0 Å². The van der Waals surface area contributed by atoms with Gasteiger partial charge < -0.3 is 10.5 Å². The highest BCUT2D eigenvalue weighted by Gasteiger charge is 2.04. The molecule has 0 unspecified atom stereocenters. The van der Waals surface area contributed by atoms with Gasteiger partial charge in [-0.2, -0.15) is 10.2 Å². The molecule has 0 spiro atoms. The molecule has 0 bridgehead atoms. The van der Waals surface area contributed by atoms with Crippen molar-refractivity contribution in [2.75, 3.05) is 5.73 Å². The minimum absolute atomic E-state index is 0.0202. The lowest BCUT2D eigenvalue weighted by Gasteiger charge is -2.04. The van der Waals surface area contributed by atoms with Gasteiger partial charge in [-0.15, -0.1) is 0 Å². The Morgan fingerprint density at radius 3 is 2.88 bits per heavy atom. The smallest absolute Gasteiger partial charge is 0.323 e. The molecular weight excluding hydrogens is 223 g/mol. The molecule has 0 aliphatic rings. The Hall–Kier alpha value is -2.68. The minimum Gasteiger partial charge on any atom is -0.424 e. The summed E-state index contributed by atoms with van der Waals surface area (Å²) in [5, 5.41) is 8.64. The summed E-state index contributed by atoms with van der Waals surface area (Å²) < 4.78 is 18.3. The lowest BCUT2D eigenvalue weighted by atomic mass is 10.3. The van der Waals surface area contributed by atoms with E-state index in [1.807, 2.05) is 6.07 Å². The fourth-order valence-electron chi connectivity index (χ4n) is 1.13. The third-order valence-corrected chi connectivity index (χ3v) is 1.93. The van der Waals surface area contributed by atoms with Crippen LogP contribution in [-0.4, -0.2) is 9.97 Å². The number of anilines is 1. The van der Waals surface area contributed by atoms with E-state index in [4.69, 9.17) is 15.7 Å². The van der Waals surface area contributed by atoms with Crippen molar-refractivity contribution in [1.82, 2.24) is 9.97 Å². The molecule has 0 amide bonds. The average Bonchev–Trinajstić information content (AvgIpc) is 2.34. The molecule has 0 saturated heterocycles. The Morgan fingerprint density at radius 1 is 1.35 bits per heavy atom. The van der Waals surface area contributed by atoms with Gasteiger partial charge in [-0.3, -0.25) is 0 Å². The summed E-state index contributed by atoms with van der Waals surface area (Å²) in [6.07, 6.45) is 1.38. The van der Waals surface area contributed by atoms with E-state index in [0.29, 0.717) is 0 Å². The van der Waals surface area contributed by atoms with E-state index in [2.05, 4.69) is 9.97 Å². The zero-order chi connectivity index (χ0) is 12.3. The maximum atomic E-state index is 13.1. The van der Waals surface area contributed by atoms with Crippen molar-refractivity contribution in [3.63, 3.8) is 0 Å². The second kappa shape index (κ2) is 4.45. The van der Waals surface area contributed by atoms with Crippen LogP contribution in [0.4, 0.5) is 10.1 Å². The molecule has 0 saturated carbocycles. The predicted molar refractivity (Wildman–Crippen MR) is 57.6 cm³/mol. The number of benzene rings is 1. The minimum atomic E-state index is -0.584. The summed E-state index contributed by atoms with van der Waals surface area (Å²) >= 11 is 0. The number of nitrogen functional groups attached to an aromatic ring is 1. The first-order valence-corrected chi connectivity index (χ1v) is 4.65. The summed E-state index contributed by atoms with van der Waals surface area (Å²) in [5.41, 5.74) is 5.53. The first kappa shape index (κ1) is 10.8. The molecule has 5 nitrogen and oxygen atoms in total. The summed E-state index contributed by atoms with van der Waals surface area (Å²) in [4.78, 5) is 7.59. The first-order valence-electron chi connectivity index (χ1n) is 4.65. The fraction of sp³-hybridized carbons (Fsp3) is 0. The van der Waals surface area contributed by atoms with Crippen molar-refractivity contribution in [1.29, 1.82) is 5.26 Å². The monoisotopic (exact) mass is 230 g/mol. The number of aromatic nitrogens is 2. The normalized spacial score (nSPS) is 9.65. The molecule has 2 N–H and O–H groups in total. The standard InChI is InChI=1S/C11H7FN4O/c12-9-5-8(1-2-10(9)14)17-11-15-4-3-7(6-13)16-11/h1-5H,14H2. The predicted octanol–water partition coefficient (Wildman–Crippen LogP) is 1.86. The van der Waals surface area contributed by atoms with Crippen molar-refractivity contribution < 1.29 is 9.13 Å². The van der Waals surface area contributed by atoms with Crippen LogP contribution in [0.25, 0.3) is 0 Å². The molecular formula is C11H7FN4O. The topological polar surface area (TPSA) is 84.8 Å². The van der Waals surface area contributed by atoms with Crippen LogP contribution in [0.3, 0.4) is 0 Å². The number of hydrogen-bond acceptors (Lipinski definition) is 5. The fourth-order valence-corrected chi connectivity index (χ4v) is 1.13. The molecule has 1 aromatic carbocycles. The van der Waals surface area contributed by atoms with Crippen LogP contribution in [0.1, 0.15) is 5.69 Å². The van der Waals surface area contributed by atoms with E-state index in [-0.39, 0.29) is 23.1 Å². The van der Waals surface area contributed by atoms with Gasteiger partial charge in [0.15, 0.2) is 0 Å². The highest BCUT2D eigenvalue weighted by Crippen LogP contribution is 2.21. The Labute approximate surface area is 96.3 Å². The van der Waals surface area contributed by atoms with Gasteiger partial charge in [0, 0.05) is 12.3 Å². The molecule has 2 aromatic rings. The molecule has 1 heterocycles. The second-order valence-electron chi connectivity index (χ2n) is 3.12. The van der Waals surface area contributed by atoms with Crippen LogP contribution >= 0.6 is 0 Å². The van der Waals surface area contributed by atoms with Gasteiger partial charge in [0.2, 0.25) is 0 Å². The maximum Gasteiger partial charge on any atom is 0.323 e. The van der Waals surface area contributed by atoms with Crippen LogP contribution in [-0.2, 0) is 0 Å². The molecule has 2 rings (SSSR count). The van der Waals surface area contributed by atoms with E-state index >= 15 is 0 Å². The van der Waals surface area contributed by atoms with Gasteiger partial charge in [-0.05, 0) is 18.2 Å². The molecule has 84 valence electrons. The number of hydrogen-bond donors (Lipinski definition) is 1. The Bertz CT molecular complexity index is 594. The Kier molecular flexibility index (Phi) is 2.83. The molecule has 6 heteroatoms. The maximum absolute atomic E-state index is 13.1. The van der Waals surface area contributed by atoms with Gasteiger partial charge in [0.25, 0.3) is 0 Å². The quantitative estimate of drug-likeness (QED) is 0.796. The first-order chi connectivity index (χ1) is 8.19. The largest absolute Gasteiger partial charge is 0.424 e. The van der Waals surface area contributed by atoms with Crippen LogP contribution in [0.2, 0.25) is 0 Å². The molecule has 0 radical (unpaired) electrons. The Balaban J connectivity index is 2.25. The third-order valence-electron chi connectivity index (χ3n) is 1.93.